The lowest BCUT2D eigenvalue weighted by atomic mass is 9.62. The monoisotopic (exact) mass is 334 g/mol. The maximum Gasteiger partial charge on any atom is 0.345 e. The smallest absolute Gasteiger partial charge is 0.345 e. The van der Waals surface area contributed by atoms with E-state index in [9.17, 15) is 13.6 Å². The predicted molar refractivity (Wildman–Crippen MR) is 67.9 cm³/mol. The molecule has 0 N–H and O–H groups in total. The molecule has 1 aromatic carbocycles. The van der Waals surface area contributed by atoms with E-state index < -0.39 is 24.1 Å². The Balaban J connectivity index is 2.22. The molecule has 0 heterocycles. The van der Waals surface area contributed by atoms with Gasteiger partial charge in [0.25, 0.3) is 0 Å². The van der Waals surface area contributed by atoms with E-state index >= 15 is 0 Å². The number of esters is 1. The van der Waals surface area contributed by atoms with Gasteiger partial charge in [0, 0.05) is 4.47 Å². The highest BCUT2D eigenvalue weighted by atomic mass is 79.9. The van der Waals surface area contributed by atoms with E-state index in [0.717, 1.165) is 10.0 Å². The van der Waals surface area contributed by atoms with Crippen LogP contribution < -0.4 is 0 Å². The molecule has 1 fully saturated rings. The van der Waals surface area contributed by atoms with Crippen LogP contribution >= 0.6 is 15.9 Å². The summed E-state index contributed by atoms with van der Waals surface area (Å²) in [5, 5.41) is 0. The molecule has 0 aromatic heterocycles. The summed E-state index contributed by atoms with van der Waals surface area (Å²) in [7, 11) is 1.30. The molecule has 1 saturated carbocycles. The van der Waals surface area contributed by atoms with Crippen LogP contribution in [0.2, 0.25) is 0 Å². The molecule has 19 heavy (non-hydrogen) atoms. The molecule has 104 valence electrons. The second-order valence-corrected chi connectivity index (χ2v) is 5.43. The highest BCUT2D eigenvalue weighted by Gasteiger charge is 2.53. The second kappa shape index (κ2) is 5.54. The van der Waals surface area contributed by atoms with E-state index in [1.54, 1.807) is 18.2 Å². The van der Waals surface area contributed by atoms with Crippen LogP contribution in [0.25, 0.3) is 0 Å². The van der Waals surface area contributed by atoms with Gasteiger partial charge in [-0.2, -0.15) is 8.78 Å². The Morgan fingerprint density at radius 1 is 1.47 bits per heavy atom. The molecule has 0 radical (unpaired) electrons. The quantitative estimate of drug-likeness (QED) is 0.793. The van der Waals surface area contributed by atoms with E-state index in [1.165, 1.54) is 7.11 Å². The molecule has 0 bridgehead atoms. The molecule has 3 nitrogen and oxygen atoms in total. The summed E-state index contributed by atoms with van der Waals surface area (Å²) in [6, 6.07) is 7.22. The van der Waals surface area contributed by atoms with Gasteiger partial charge in [0.05, 0.1) is 18.6 Å². The highest BCUT2D eigenvalue weighted by Crippen LogP contribution is 2.47. The average molecular weight is 335 g/mol. The fraction of sp³-hybridized carbons (Fsp3) is 0.462. The number of halogens is 3. The molecule has 1 aliphatic carbocycles. The molecule has 0 spiro atoms. The molecular formula is C13H13BrF2O3. The van der Waals surface area contributed by atoms with Crippen LogP contribution in [-0.4, -0.2) is 25.8 Å². The third-order valence-electron chi connectivity index (χ3n) is 3.40. The summed E-state index contributed by atoms with van der Waals surface area (Å²) in [6.07, 6.45) is -0.195. The van der Waals surface area contributed by atoms with Crippen molar-refractivity contribution in [3.63, 3.8) is 0 Å². The van der Waals surface area contributed by atoms with Gasteiger partial charge in [-0.3, -0.25) is 4.79 Å². The fourth-order valence-corrected chi connectivity index (χ4v) is 2.86. The first-order valence-electron chi connectivity index (χ1n) is 5.76. The zero-order chi connectivity index (χ0) is 14.0. The van der Waals surface area contributed by atoms with Gasteiger partial charge in [-0.25, -0.2) is 0 Å². The lowest BCUT2D eigenvalue weighted by molar-refractivity contribution is -0.203. The number of hydrogen-bond acceptors (Lipinski definition) is 3. The SMILES string of the molecule is COC(=O)[C@]1(c2cccc(Br)c2)C[C@H](OC(F)F)C1. The maximum absolute atomic E-state index is 12.2. The summed E-state index contributed by atoms with van der Waals surface area (Å²) in [6.45, 7) is -2.82. The van der Waals surface area contributed by atoms with E-state index in [2.05, 4.69) is 20.7 Å². The van der Waals surface area contributed by atoms with Gasteiger partial charge in [-0.05, 0) is 30.5 Å². The number of carbonyl (C=O) groups excluding carboxylic acids is 1. The van der Waals surface area contributed by atoms with Crippen molar-refractivity contribution in [2.45, 2.75) is 31.0 Å². The van der Waals surface area contributed by atoms with Crippen molar-refractivity contribution in [3.8, 4) is 0 Å². The molecule has 0 amide bonds. The van der Waals surface area contributed by atoms with E-state index in [1.807, 2.05) is 6.07 Å². The third kappa shape index (κ3) is 2.79. The first-order chi connectivity index (χ1) is 8.98. The van der Waals surface area contributed by atoms with Crippen LogP contribution in [0.5, 0.6) is 0 Å². The number of rotatable bonds is 4. The third-order valence-corrected chi connectivity index (χ3v) is 3.89. The van der Waals surface area contributed by atoms with Gasteiger partial charge in [-0.15, -0.1) is 0 Å². The first-order valence-corrected chi connectivity index (χ1v) is 6.55. The highest BCUT2D eigenvalue weighted by molar-refractivity contribution is 9.10. The molecule has 6 heteroatoms. The van der Waals surface area contributed by atoms with Crippen LogP contribution in [0.3, 0.4) is 0 Å². The van der Waals surface area contributed by atoms with Crippen LogP contribution in [0.1, 0.15) is 18.4 Å². The Bertz CT molecular complexity index is 473. The Morgan fingerprint density at radius 2 is 2.16 bits per heavy atom. The molecule has 1 aliphatic rings. The van der Waals surface area contributed by atoms with Gasteiger partial charge in [0.2, 0.25) is 0 Å². The van der Waals surface area contributed by atoms with Gasteiger partial charge in [0.15, 0.2) is 0 Å². The lowest BCUT2D eigenvalue weighted by Crippen LogP contribution is -2.52. The van der Waals surface area contributed by atoms with Gasteiger partial charge < -0.3 is 9.47 Å². The Labute approximate surface area is 118 Å². The number of methoxy groups -OCH3 is 1. The fourth-order valence-electron chi connectivity index (χ4n) is 2.46. The number of alkyl halides is 2. The summed E-state index contributed by atoms with van der Waals surface area (Å²) < 4.78 is 34.4. The number of ether oxygens (including phenoxy) is 2. The Kier molecular flexibility index (Phi) is 4.20. The van der Waals surface area contributed by atoms with Gasteiger partial charge in [0.1, 0.15) is 0 Å². The van der Waals surface area contributed by atoms with E-state index in [-0.39, 0.29) is 12.8 Å². The largest absolute Gasteiger partial charge is 0.468 e. The molecular weight excluding hydrogens is 322 g/mol. The van der Waals surface area contributed by atoms with Gasteiger partial charge >= 0.3 is 12.6 Å². The van der Waals surface area contributed by atoms with Crippen LogP contribution in [0, 0.1) is 0 Å². The second-order valence-electron chi connectivity index (χ2n) is 4.51. The maximum atomic E-state index is 12.2. The van der Waals surface area contributed by atoms with Crippen LogP contribution in [-0.2, 0) is 19.7 Å². The van der Waals surface area contributed by atoms with E-state index in [0.29, 0.717) is 0 Å². The molecule has 0 saturated heterocycles. The summed E-state index contributed by atoms with van der Waals surface area (Å²) in [5.74, 6) is -0.417. The molecule has 1 aromatic rings. The number of hydrogen-bond donors (Lipinski definition) is 0. The minimum Gasteiger partial charge on any atom is -0.468 e. The number of benzene rings is 1. The van der Waals surface area contributed by atoms with Crippen molar-refractivity contribution in [1.29, 1.82) is 0 Å². The van der Waals surface area contributed by atoms with E-state index in [4.69, 9.17) is 4.74 Å². The lowest BCUT2D eigenvalue weighted by Gasteiger charge is -2.45. The summed E-state index contributed by atoms with van der Waals surface area (Å²) >= 11 is 3.33. The zero-order valence-corrected chi connectivity index (χ0v) is 11.8. The Morgan fingerprint density at radius 3 is 2.68 bits per heavy atom. The minimum atomic E-state index is -2.82. The number of carbonyl (C=O) groups is 1. The topological polar surface area (TPSA) is 35.5 Å². The van der Waals surface area contributed by atoms with Crippen LogP contribution in [0.4, 0.5) is 8.78 Å². The van der Waals surface area contributed by atoms with Crippen molar-refractivity contribution in [2.24, 2.45) is 0 Å². The Hall–Kier alpha value is -1.01. The molecule has 0 atom stereocenters. The van der Waals surface area contributed by atoms with Crippen molar-refractivity contribution in [3.05, 3.63) is 34.3 Å². The van der Waals surface area contributed by atoms with Crippen molar-refractivity contribution < 1.29 is 23.0 Å². The predicted octanol–water partition coefficient (Wildman–Crippen LogP) is 3.26. The van der Waals surface area contributed by atoms with Crippen molar-refractivity contribution in [2.75, 3.05) is 7.11 Å². The zero-order valence-electron chi connectivity index (χ0n) is 10.2. The minimum absolute atomic E-state index is 0.209. The molecule has 0 aliphatic heterocycles. The normalized spacial score (nSPS) is 26.1. The van der Waals surface area contributed by atoms with Crippen molar-refractivity contribution in [1.82, 2.24) is 0 Å². The average Bonchev–Trinajstić information content (AvgIpc) is 2.32. The van der Waals surface area contributed by atoms with Crippen molar-refractivity contribution >= 4 is 21.9 Å². The summed E-state index contributed by atoms with van der Waals surface area (Å²) in [4.78, 5) is 12.0. The summed E-state index contributed by atoms with van der Waals surface area (Å²) in [5.41, 5.74) is -0.124. The molecule has 0 unspecified atom stereocenters. The standard InChI is InChI=1S/C13H13BrF2O3/c1-18-11(17)13(6-10(7-13)19-12(15)16)8-3-2-4-9(14)5-8/h2-5,10,12H,6-7H2,1H3/t10-,13+. The van der Waals surface area contributed by atoms with Crippen LogP contribution in [0.15, 0.2) is 28.7 Å². The first kappa shape index (κ1) is 14.4. The van der Waals surface area contributed by atoms with Gasteiger partial charge in [-0.1, -0.05) is 28.1 Å². The molecule has 2 rings (SSSR count).